The molecular weight excluding hydrogens is 338 g/mol. The zero-order chi connectivity index (χ0) is 19.1. The van der Waals surface area contributed by atoms with Crippen LogP contribution in [0.1, 0.15) is 11.1 Å². The number of hydrogen-bond donors (Lipinski definition) is 4. The molecule has 3 rings (SSSR count). The number of aliphatic hydroxyl groups excluding tert-OH is 1. The minimum absolute atomic E-state index is 0.0471. The number of anilines is 3. The van der Waals surface area contributed by atoms with Gasteiger partial charge in [0.1, 0.15) is 17.5 Å². The summed E-state index contributed by atoms with van der Waals surface area (Å²) < 4.78 is 0. The van der Waals surface area contributed by atoms with Crippen molar-refractivity contribution in [3.05, 3.63) is 71.8 Å². The van der Waals surface area contributed by atoms with E-state index in [4.69, 9.17) is 10.8 Å². The van der Waals surface area contributed by atoms with Crippen molar-refractivity contribution < 1.29 is 5.11 Å². The lowest BCUT2D eigenvalue weighted by atomic mass is 9.99. The summed E-state index contributed by atoms with van der Waals surface area (Å²) in [5, 5.41) is 25.2. The third-order valence-corrected chi connectivity index (χ3v) is 4.12. The van der Waals surface area contributed by atoms with Gasteiger partial charge in [-0.15, -0.1) is 0 Å². The van der Waals surface area contributed by atoms with Crippen molar-refractivity contribution in [1.29, 1.82) is 5.26 Å². The second kappa shape index (κ2) is 8.70. The van der Waals surface area contributed by atoms with Crippen LogP contribution in [-0.2, 0) is 6.54 Å². The predicted octanol–water partition coefficient (Wildman–Crippen LogP) is 3.22. The Morgan fingerprint density at radius 2 is 1.63 bits per heavy atom. The molecule has 0 saturated heterocycles. The van der Waals surface area contributed by atoms with Crippen molar-refractivity contribution in [1.82, 2.24) is 4.98 Å². The SMILES string of the molecule is N#Cc1c(NCc2ccccc2)nc(NCCO)c(N)c1-c1ccccc1. The molecule has 0 atom stereocenters. The highest BCUT2D eigenvalue weighted by Gasteiger charge is 2.19. The zero-order valence-corrected chi connectivity index (χ0v) is 14.8. The summed E-state index contributed by atoms with van der Waals surface area (Å²) in [6.45, 7) is 0.796. The number of rotatable bonds is 7. The van der Waals surface area contributed by atoms with E-state index in [2.05, 4.69) is 21.7 Å². The van der Waals surface area contributed by atoms with E-state index in [-0.39, 0.29) is 6.61 Å². The fraction of sp³-hybridized carbons (Fsp3) is 0.143. The number of hydrogen-bond acceptors (Lipinski definition) is 6. The molecule has 0 bridgehead atoms. The molecule has 0 amide bonds. The molecule has 0 saturated carbocycles. The quantitative estimate of drug-likeness (QED) is 0.516. The van der Waals surface area contributed by atoms with E-state index in [1.165, 1.54) is 0 Å². The lowest BCUT2D eigenvalue weighted by Crippen LogP contribution is -2.13. The maximum absolute atomic E-state index is 9.80. The number of nitrogen functional groups attached to an aromatic ring is 1. The molecule has 5 N–H and O–H groups in total. The first kappa shape index (κ1) is 18.2. The molecule has 0 aliphatic carbocycles. The standard InChI is InChI=1S/C21H21N5O/c22-13-17-18(16-9-5-2-6-10-16)19(23)21(24-11-12-27)26-20(17)25-14-15-7-3-1-4-8-15/h1-10,27H,11-12,14,23H2,(H2,24,25,26). The Balaban J connectivity index is 2.06. The molecule has 2 aromatic carbocycles. The van der Waals surface area contributed by atoms with E-state index in [0.717, 1.165) is 11.1 Å². The zero-order valence-electron chi connectivity index (χ0n) is 14.8. The van der Waals surface area contributed by atoms with Gasteiger partial charge in [-0.05, 0) is 11.1 Å². The number of benzene rings is 2. The van der Waals surface area contributed by atoms with Gasteiger partial charge in [0.25, 0.3) is 0 Å². The molecule has 27 heavy (non-hydrogen) atoms. The Morgan fingerprint density at radius 1 is 0.963 bits per heavy atom. The maximum Gasteiger partial charge on any atom is 0.152 e. The Bertz CT molecular complexity index is 936. The normalized spacial score (nSPS) is 10.2. The Hall–Kier alpha value is -3.56. The van der Waals surface area contributed by atoms with Crippen LogP contribution in [0, 0.1) is 11.3 Å². The van der Waals surface area contributed by atoms with Crippen molar-refractivity contribution >= 4 is 17.3 Å². The first-order valence-corrected chi connectivity index (χ1v) is 8.66. The highest BCUT2D eigenvalue weighted by Crippen LogP contribution is 2.37. The van der Waals surface area contributed by atoms with Crippen LogP contribution >= 0.6 is 0 Å². The molecule has 0 radical (unpaired) electrons. The van der Waals surface area contributed by atoms with E-state index < -0.39 is 0 Å². The van der Waals surface area contributed by atoms with Crippen molar-refractivity contribution in [3.8, 4) is 17.2 Å². The molecule has 1 aromatic heterocycles. The second-order valence-electron chi connectivity index (χ2n) is 5.94. The molecule has 1 heterocycles. The predicted molar refractivity (Wildman–Crippen MR) is 108 cm³/mol. The highest BCUT2D eigenvalue weighted by molar-refractivity contribution is 5.91. The molecule has 0 aliphatic heterocycles. The van der Waals surface area contributed by atoms with Gasteiger partial charge in [-0.1, -0.05) is 60.7 Å². The number of nitriles is 1. The highest BCUT2D eigenvalue weighted by atomic mass is 16.3. The van der Waals surface area contributed by atoms with Gasteiger partial charge in [0.2, 0.25) is 0 Å². The minimum atomic E-state index is -0.0471. The molecular formula is C21H21N5O. The largest absolute Gasteiger partial charge is 0.395 e. The molecule has 6 heteroatoms. The number of pyridine rings is 1. The summed E-state index contributed by atoms with van der Waals surface area (Å²) in [5.74, 6) is 0.896. The molecule has 6 nitrogen and oxygen atoms in total. The van der Waals surface area contributed by atoms with Gasteiger partial charge in [-0.3, -0.25) is 0 Å². The van der Waals surface area contributed by atoms with Gasteiger partial charge >= 0.3 is 0 Å². The van der Waals surface area contributed by atoms with Crippen LogP contribution in [-0.4, -0.2) is 23.2 Å². The lowest BCUT2D eigenvalue weighted by Gasteiger charge is -2.17. The van der Waals surface area contributed by atoms with Crippen molar-refractivity contribution in [2.24, 2.45) is 0 Å². The number of aromatic nitrogens is 1. The lowest BCUT2D eigenvalue weighted by molar-refractivity contribution is 0.311. The Kier molecular flexibility index (Phi) is 5.87. The molecule has 136 valence electrons. The smallest absolute Gasteiger partial charge is 0.152 e. The minimum Gasteiger partial charge on any atom is -0.395 e. The number of nitrogens with two attached hydrogens (primary N) is 1. The summed E-state index contributed by atoms with van der Waals surface area (Å²) in [6, 6.07) is 21.6. The van der Waals surface area contributed by atoms with Gasteiger partial charge in [0.15, 0.2) is 5.82 Å². The Morgan fingerprint density at radius 3 is 2.26 bits per heavy atom. The van der Waals surface area contributed by atoms with E-state index in [9.17, 15) is 5.26 Å². The average Bonchev–Trinajstić information content (AvgIpc) is 2.72. The maximum atomic E-state index is 9.80. The van der Waals surface area contributed by atoms with Gasteiger partial charge < -0.3 is 21.5 Å². The summed E-state index contributed by atoms with van der Waals surface area (Å²) in [7, 11) is 0. The third kappa shape index (κ3) is 4.17. The van der Waals surface area contributed by atoms with E-state index in [1.807, 2.05) is 60.7 Å². The number of aliphatic hydroxyl groups is 1. The fourth-order valence-electron chi connectivity index (χ4n) is 2.83. The van der Waals surface area contributed by atoms with Crippen LogP contribution in [0.4, 0.5) is 17.3 Å². The molecule has 0 aliphatic rings. The summed E-state index contributed by atoms with van der Waals surface area (Å²) in [4.78, 5) is 4.50. The van der Waals surface area contributed by atoms with E-state index in [1.54, 1.807) is 0 Å². The molecule has 3 aromatic rings. The number of nitrogens with one attached hydrogen (secondary N) is 2. The van der Waals surface area contributed by atoms with Crippen molar-refractivity contribution in [3.63, 3.8) is 0 Å². The van der Waals surface area contributed by atoms with Crippen molar-refractivity contribution in [2.45, 2.75) is 6.54 Å². The van der Waals surface area contributed by atoms with Gasteiger partial charge in [-0.2, -0.15) is 5.26 Å². The van der Waals surface area contributed by atoms with E-state index in [0.29, 0.717) is 41.5 Å². The van der Waals surface area contributed by atoms with Crippen LogP contribution in [0.2, 0.25) is 0 Å². The topological polar surface area (TPSA) is 107 Å². The van der Waals surface area contributed by atoms with Crippen LogP contribution in [0.15, 0.2) is 60.7 Å². The van der Waals surface area contributed by atoms with Gasteiger partial charge in [-0.25, -0.2) is 4.98 Å². The average molecular weight is 359 g/mol. The summed E-state index contributed by atoms with van der Waals surface area (Å²) in [6.07, 6.45) is 0. The van der Waals surface area contributed by atoms with E-state index >= 15 is 0 Å². The second-order valence-corrected chi connectivity index (χ2v) is 5.94. The van der Waals surface area contributed by atoms with Crippen LogP contribution in [0.5, 0.6) is 0 Å². The molecule has 0 fully saturated rings. The first-order valence-electron chi connectivity index (χ1n) is 8.66. The van der Waals surface area contributed by atoms with Crippen LogP contribution < -0.4 is 16.4 Å². The van der Waals surface area contributed by atoms with Crippen molar-refractivity contribution in [2.75, 3.05) is 29.5 Å². The molecule has 0 unspecified atom stereocenters. The fourth-order valence-corrected chi connectivity index (χ4v) is 2.83. The van der Waals surface area contributed by atoms with Gasteiger partial charge in [0.05, 0.1) is 12.3 Å². The summed E-state index contributed by atoms with van der Waals surface area (Å²) >= 11 is 0. The summed E-state index contributed by atoms with van der Waals surface area (Å²) in [5.41, 5.74) is 9.64. The third-order valence-electron chi connectivity index (χ3n) is 4.12. The van der Waals surface area contributed by atoms with Crippen LogP contribution in [0.3, 0.4) is 0 Å². The first-order chi connectivity index (χ1) is 13.2. The van der Waals surface area contributed by atoms with Gasteiger partial charge in [0, 0.05) is 18.7 Å². The Labute approximate surface area is 158 Å². The van der Waals surface area contributed by atoms with Crippen LogP contribution in [0.25, 0.3) is 11.1 Å². The number of nitrogens with zero attached hydrogens (tertiary/aromatic N) is 2. The monoisotopic (exact) mass is 359 g/mol. The molecule has 0 spiro atoms.